The number of carbonyl (C=O) groups excluding carboxylic acids is 1. The van der Waals surface area contributed by atoms with E-state index in [-0.39, 0.29) is 5.91 Å². The molecule has 1 aromatic carbocycles. The van der Waals surface area contributed by atoms with E-state index in [1.807, 2.05) is 43.1 Å². The van der Waals surface area contributed by atoms with Crippen LogP contribution in [0.25, 0.3) is 11.5 Å². The number of hydrogen-bond donors (Lipinski definition) is 1. The second kappa shape index (κ2) is 6.29. The molecule has 2 rings (SSSR count). The van der Waals surface area contributed by atoms with Crippen LogP contribution in [0.1, 0.15) is 11.5 Å². The maximum atomic E-state index is 11.3. The summed E-state index contributed by atoms with van der Waals surface area (Å²) in [7, 11) is 3.44. The maximum Gasteiger partial charge on any atom is 0.247 e. The van der Waals surface area contributed by atoms with Crippen LogP contribution in [-0.2, 0) is 11.3 Å². The topological polar surface area (TPSA) is 71.3 Å². The van der Waals surface area contributed by atoms with Gasteiger partial charge in [-0.1, -0.05) is 17.7 Å². The number of benzene rings is 1. The van der Waals surface area contributed by atoms with Gasteiger partial charge in [0.1, 0.15) is 0 Å². The summed E-state index contributed by atoms with van der Waals surface area (Å²) in [6.07, 6.45) is 0. The van der Waals surface area contributed by atoms with Gasteiger partial charge in [0.15, 0.2) is 0 Å². The highest BCUT2D eigenvalue weighted by Crippen LogP contribution is 2.19. The number of nitrogens with one attached hydrogen (secondary N) is 1. The van der Waals surface area contributed by atoms with Crippen molar-refractivity contribution in [1.29, 1.82) is 0 Å². The van der Waals surface area contributed by atoms with Crippen LogP contribution < -0.4 is 5.32 Å². The molecule has 0 aliphatic heterocycles. The largest absolute Gasteiger partial charge is 0.419 e. The first kappa shape index (κ1) is 14.2. The number of rotatable bonds is 5. The smallest absolute Gasteiger partial charge is 0.247 e. The van der Waals surface area contributed by atoms with Gasteiger partial charge in [0.05, 0.1) is 13.1 Å². The molecular formula is C14H18N4O2. The molecule has 0 bridgehead atoms. The first-order valence-corrected chi connectivity index (χ1v) is 6.37. The van der Waals surface area contributed by atoms with E-state index in [9.17, 15) is 4.79 Å². The first-order valence-electron chi connectivity index (χ1n) is 6.37. The van der Waals surface area contributed by atoms with E-state index in [1.165, 1.54) is 0 Å². The third-order valence-corrected chi connectivity index (χ3v) is 2.83. The molecule has 0 saturated heterocycles. The van der Waals surface area contributed by atoms with Gasteiger partial charge in [0.2, 0.25) is 17.7 Å². The lowest BCUT2D eigenvalue weighted by Crippen LogP contribution is -2.32. The Labute approximate surface area is 117 Å². The summed E-state index contributed by atoms with van der Waals surface area (Å²) in [5.41, 5.74) is 2.04. The van der Waals surface area contributed by atoms with Crippen LogP contribution in [0, 0.1) is 6.92 Å². The fourth-order valence-electron chi connectivity index (χ4n) is 1.82. The van der Waals surface area contributed by atoms with Crippen LogP contribution >= 0.6 is 0 Å². The minimum atomic E-state index is -0.0501. The molecule has 0 atom stereocenters. The lowest BCUT2D eigenvalue weighted by atomic mass is 10.1. The zero-order valence-electron chi connectivity index (χ0n) is 11.9. The number of carbonyl (C=O) groups is 1. The maximum absolute atomic E-state index is 11.3. The number of nitrogens with zero attached hydrogens (tertiary/aromatic N) is 3. The Kier molecular flexibility index (Phi) is 4.47. The summed E-state index contributed by atoms with van der Waals surface area (Å²) in [6, 6.07) is 7.88. The van der Waals surface area contributed by atoms with Gasteiger partial charge >= 0.3 is 0 Å². The average Bonchev–Trinajstić information content (AvgIpc) is 2.87. The van der Waals surface area contributed by atoms with Crippen molar-refractivity contribution in [2.75, 3.05) is 20.6 Å². The second-order valence-electron chi connectivity index (χ2n) is 4.72. The molecule has 1 heterocycles. The Morgan fingerprint density at radius 3 is 2.90 bits per heavy atom. The molecule has 20 heavy (non-hydrogen) atoms. The molecule has 1 amide bonds. The monoisotopic (exact) mass is 274 g/mol. The average molecular weight is 274 g/mol. The number of likely N-dealkylation sites (N-methyl/N-ethyl adjacent to an activating group) is 2. The predicted molar refractivity (Wildman–Crippen MR) is 74.9 cm³/mol. The lowest BCUT2D eigenvalue weighted by Gasteiger charge is -2.12. The van der Waals surface area contributed by atoms with E-state index in [4.69, 9.17) is 4.42 Å². The Hall–Kier alpha value is -2.21. The van der Waals surface area contributed by atoms with Crippen molar-refractivity contribution in [1.82, 2.24) is 20.4 Å². The summed E-state index contributed by atoms with van der Waals surface area (Å²) in [6.45, 7) is 2.74. The van der Waals surface area contributed by atoms with E-state index in [2.05, 4.69) is 15.5 Å². The third-order valence-electron chi connectivity index (χ3n) is 2.83. The molecule has 1 aromatic heterocycles. The first-order chi connectivity index (χ1) is 9.58. The van der Waals surface area contributed by atoms with Gasteiger partial charge in [0, 0.05) is 12.6 Å². The fourth-order valence-corrected chi connectivity index (χ4v) is 1.82. The molecule has 6 heteroatoms. The van der Waals surface area contributed by atoms with Gasteiger partial charge in [-0.25, -0.2) is 0 Å². The molecule has 0 aliphatic rings. The minimum Gasteiger partial charge on any atom is -0.419 e. The standard InChI is InChI=1S/C14H18N4O2/c1-10-5-4-6-11(7-10)14-17-16-13(20-14)9-18(3)8-12(19)15-2/h4-7H,8-9H2,1-3H3,(H,15,19). The molecule has 106 valence electrons. The van der Waals surface area contributed by atoms with Gasteiger partial charge < -0.3 is 9.73 Å². The van der Waals surface area contributed by atoms with Crippen LogP contribution in [0.4, 0.5) is 0 Å². The van der Waals surface area contributed by atoms with Crippen LogP contribution in [0.3, 0.4) is 0 Å². The molecule has 6 nitrogen and oxygen atoms in total. The third kappa shape index (κ3) is 3.64. The van der Waals surface area contributed by atoms with Crippen LogP contribution in [0.2, 0.25) is 0 Å². The van der Waals surface area contributed by atoms with E-state index in [1.54, 1.807) is 7.05 Å². The van der Waals surface area contributed by atoms with Crippen LogP contribution in [0.5, 0.6) is 0 Å². The molecule has 0 saturated carbocycles. The molecular weight excluding hydrogens is 256 g/mol. The fraction of sp³-hybridized carbons (Fsp3) is 0.357. The van der Waals surface area contributed by atoms with Crippen LogP contribution in [-0.4, -0.2) is 41.6 Å². The van der Waals surface area contributed by atoms with Gasteiger partial charge in [0.25, 0.3) is 0 Å². The van der Waals surface area contributed by atoms with E-state index in [0.717, 1.165) is 11.1 Å². The highest BCUT2D eigenvalue weighted by molar-refractivity contribution is 5.77. The Balaban J connectivity index is 2.04. The number of hydrogen-bond acceptors (Lipinski definition) is 5. The van der Waals surface area contributed by atoms with Crippen molar-refractivity contribution >= 4 is 5.91 Å². The van der Waals surface area contributed by atoms with Crippen molar-refractivity contribution < 1.29 is 9.21 Å². The number of aromatic nitrogens is 2. The van der Waals surface area contributed by atoms with E-state index >= 15 is 0 Å². The molecule has 0 fully saturated rings. The van der Waals surface area contributed by atoms with E-state index < -0.39 is 0 Å². The molecule has 0 unspecified atom stereocenters. The molecule has 2 aromatic rings. The van der Waals surface area contributed by atoms with Gasteiger partial charge in [-0.05, 0) is 26.1 Å². The number of aryl methyl sites for hydroxylation is 1. The van der Waals surface area contributed by atoms with Crippen molar-refractivity contribution in [3.05, 3.63) is 35.7 Å². The second-order valence-corrected chi connectivity index (χ2v) is 4.72. The van der Waals surface area contributed by atoms with Gasteiger partial charge in [-0.2, -0.15) is 0 Å². The normalized spacial score (nSPS) is 10.8. The summed E-state index contributed by atoms with van der Waals surface area (Å²) in [4.78, 5) is 13.1. The summed E-state index contributed by atoms with van der Waals surface area (Å²) in [5.74, 6) is 0.941. The zero-order chi connectivity index (χ0) is 14.5. The van der Waals surface area contributed by atoms with Crippen molar-refractivity contribution in [2.24, 2.45) is 0 Å². The highest BCUT2D eigenvalue weighted by Gasteiger charge is 2.12. The Bertz CT molecular complexity index is 594. The predicted octanol–water partition coefficient (Wildman–Crippen LogP) is 1.22. The lowest BCUT2D eigenvalue weighted by molar-refractivity contribution is -0.121. The molecule has 1 N–H and O–H groups in total. The summed E-state index contributed by atoms with van der Waals surface area (Å²) < 4.78 is 5.61. The quantitative estimate of drug-likeness (QED) is 0.887. The molecule has 0 radical (unpaired) electrons. The molecule has 0 spiro atoms. The molecule has 0 aliphatic carbocycles. The van der Waals surface area contributed by atoms with Gasteiger partial charge in [-0.3, -0.25) is 9.69 Å². The highest BCUT2D eigenvalue weighted by atomic mass is 16.4. The Morgan fingerprint density at radius 1 is 1.40 bits per heavy atom. The minimum absolute atomic E-state index is 0.0501. The van der Waals surface area contributed by atoms with Gasteiger partial charge in [-0.15, -0.1) is 10.2 Å². The Morgan fingerprint density at radius 2 is 2.20 bits per heavy atom. The zero-order valence-corrected chi connectivity index (χ0v) is 11.9. The van der Waals surface area contributed by atoms with Crippen molar-refractivity contribution in [2.45, 2.75) is 13.5 Å². The van der Waals surface area contributed by atoms with Crippen molar-refractivity contribution in [3.63, 3.8) is 0 Å². The van der Waals surface area contributed by atoms with Crippen LogP contribution in [0.15, 0.2) is 28.7 Å². The summed E-state index contributed by atoms with van der Waals surface area (Å²) in [5, 5.41) is 10.6. The van der Waals surface area contributed by atoms with Crippen molar-refractivity contribution in [3.8, 4) is 11.5 Å². The SMILES string of the molecule is CNC(=O)CN(C)Cc1nnc(-c2cccc(C)c2)o1. The summed E-state index contributed by atoms with van der Waals surface area (Å²) >= 11 is 0. The van der Waals surface area contributed by atoms with E-state index in [0.29, 0.717) is 24.9 Å². The number of amides is 1.